The van der Waals surface area contributed by atoms with E-state index in [1.807, 2.05) is 6.92 Å². The number of fused-ring (bicyclic) bond motifs is 1. The third-order valence-corrected chi connectivity index (χ3v) is 3.66. The molecule has 2 aromatic heterocycles. The van der Waals surface area contributed by atoms with E-state index in [2.05, 4.69) is 9.72 Å². The van der Waals surface area contributed by atoms with Crippen molar-refractivity contribution < 1.29 is 14.3 Å². The highest BCUT2D eigenvalue weighted by atomic mass is 16.5. The number of pyridine rings is 1. The summed E-state index contributed by atoms with van der Waals surface area (Å²) in [6.07, 6.45) is 1.79. The second-order valence-electron chi connectivity index (χ2n) is 5.47. The van der Waals surface area contributed by atoms with Gasteiger partial charge in [-0.2, -0.15) is 0 Å². The molecule has 0 saturated carbocycles. The SMILES string of the molecule is CCCCOc1cc(C)nc2c1c(=O)n(CC(=O)OC)c(=O)n2C. The van der Waals surface area contributed by atoms with Gasteiger partial charge in [0, 0.05) is 18.8 Å². The Morgan fingerprint density at radius 2 is 2.04 bits per heavy atom. The lowest BCUT2D eigenvalue weighted by Crippen LogP contribution is -2.41. The first-order valence-electron chi connectivity index (χ1n) is 7.71. The Balaban J connectivity index is 2.73. The Bertz CT molecular complexity index is 882. The predicted molar refractivity (Wildman–Crippen MR) is 88.4 cm³/mol. The maximum atomic E-state index is 12.7. The van der Waals surface area contributed by atoms with Crippen LogP contribution in [-0.4, -0.2) is 33.8 Å². The van der Waals surface area contributed by atoms with Crippen LogP contribution in [0.1, 0.15) is 25.5 Å². The van der Waals surface area contributed by atoms with E-state index < -0.39 is 23.8 Å². The number of aromatic nitrogens is 3. The van der Waals surface area contributed by atoms with Crippen LogP contribution in [0.2, 0.25) is 0 Å². The molecule has 0 spiro atoms. The van der Waals surface area contributed by atoms with Gasteiger partial charge in [0.25, 0.3) is 5.56 Å². The Morgan fingerprint density at radius 3 is 2.67 bits per heavy atom. The predicted octanol–water partition coefficient (Wildman–Crippen LogP) is 0.756. The molecule has 0 amide bonds. The van der Waals surface area contributed by atoms with Crippen molar-refractivity contribution >= 4 is 17.0 Å². The van der Waals surface area contributed by atoms with Gasteiger partial charge in [0.1, 0.15) is 17.7 Å². The van der Waals surface area contributed by atoms with E-state index in [9.17, 15) is 14.4 Å². The van der Waals surface area contributed by atoms with Crippen LogP contribution in [0.4, 0.5) is 0 Å². The average Bonchev–Trinajstić information content (AvgIpc) is 2.56. The molecule has 2 rings (SSSR count). The molecule has 0 saturated heterocycles. The van der Waals surface area contributed by atoms with Crippen LogP contribution < -0.4 is 16.0 Å². The highest BCUT2D eigenvalue weighted by Gasteiger charge is 2.19. The lowest BCUT2D eigenvalue weighted by atomic mass is 10.2. The van der Waals surface area contributed by atoms with Gasteiger partial charge in [-0.05, 0) is 13.3 Å². The third-order valence-electron chi connectivity index (χ3n) is 3.66. The second kappa shape index (κ2) is 7.29. The van der Waals surface area contributed by atoms with Crippen molar-refractivity contribution in [1.82, 2.24) is 14.1 Å². The molecule has 2 heterocycles. The van der Waals surface area contributed by atoms with Crippen LogP contribution in [-0.2, 0) is 23.1 Å². The Hall–Kier alpha value is -2.64. The van der Waals surface area contributed by atoms with E-state index in [0.717, 1.165) is 17.4 Å². The number of hydrogen-bond acceptors (Lipinski definition) is 6. The summed E-state index contributed by atoms with van der Waals surface area (Å²) in [4.78, 5) is 40.9. The fourth-order valence-electron chi connectivity index (χ4n) is 2.34. The fourth-order valence-corrected chi connectivity index (χ4v) is 2.34. The Morgan fingerprint density at radius 1 is 1.33 bits per heavy atom. The van der Waals surface area contributed by atoms with E-state index in [4.69, 9.17) is 4.74 Å². The lowest BCUT2D eigenvalue weighted by Gasteiger charge is -2.13. The minimum absolute atomic E-state index is 0.183. The number of ether oxygens (including phenoxy) is 2. The fraction of sp³-hybridized carbons (Fsp3) is 0.500. The van der Waals surface area contributed by atoms with Gasteiger partial charge in [-0.15, -0.1) is 0 Å². The molecule has 0 unspecified atom stereocenters. The van der Waals surface area contributed by atoms with Gasteiger partial charge in [-0.1, -0.05) is 13.3 Å². The summed E-state index contributed by atoms with van der Waals surface area (Å²) in [5.41, 5.74) is -0.375. The maximum absolute atomic E-state index is 12.7. The van der Waals surface area contributed by atoms with E-state index in [-0.39, 0.29) is 11.0 Å². The zero-order valence-corrected chi connectivity index (χ0v) is 14.3. The summed E-state index contributed by atoms with van der Waals surface area (Å²) in [5, 5.41) is 0.183. The third kappa shape index (κ3) is 3.32. The van der Waals surface area contributed by atoms with Gasteiger partial charge < -0.3 is 9.47 Å². The summed E-state index contributed by atoms with van der Waals surface area (Å²) in [6, 6.07) is 1.66. The molecular formula is C16H21N3O5. The van der Waals surface area contributed by atoms with E-state index in [0.29, 0.717) is 18.1 Å². The Labute approximate surface area is 138 Å². The minimum atomic E-state index is -0.679. The van der Waals surface area contributed by atoms with Crippen LogP contribution in [0.25, 0.3) is 11.0 Å². The zero-order chi connectivity index (χ0) is 17.9. The summed E-state index contributed by atoms with van der Waals surface area (Å²) in [7, 11) is 2.70. The van der Waals surface area contributed by atoms with Gasteiger partial charge in [-0.3, -0.25) is 14.2 Å². The Kier molecular flexibility index (Phi) is 5.38. The molecule has 0 aliphatic rings. The highest BCUT2D eigenvalue weighted by molar-refractivity contribution is 5.82. The van der Waals surface area contributed by atoms with Gasteiger partial charge >= 0.3 is 11.7 Å². The summed E-state index contributed by atoms with van der Waals surface area (Å²) >= 11 is 0. The smallest absolute Gasteiger partial charge is 0.332 e. The van der Waals surface area contributed by atoms with E-state index in [1.54, 1.807) is 13.0 Å². The second-order valence-corrected chi connectivity index (χ2v) is 5.47. The molecule has 0 fully saturated rings. The van der Waals surface area contributed by atoms with Gasteiger partial charge in [0.05, 0.1) is 13.7 Å². The number of carbonyl (C=O) groups excluding carboxylic acids is 1. The number of unbranched alkanes of at least 4 members (excludes halogenated alkanes) is 1. The molecule has 8 nitrogen and oxygen atoms in total. The van der Waals surface area contributed by atoms with Crippen LogP contribution in [0, 0.1) is 6.92 Å². The highest BCUT2D eigenvalue weighted by Crippen LogP contribution is 2.21. The molecule has 0 bridgehead atoms. The number of carbonyl (C=O) groups is 1. The summed E-state index contributed by atoms with van der Waals surface area (Å²) in [6.45, 7) is 3.79. The van der Waals surface area contributed by atoms with Gasteiger partial charge in [-0.25, -0.2) is 14.3 Å². The van der Waals surface area contributed by atoms with Crippen molar-refractivity contribution in [3.8, 4) is 5.75 Å². The molecule has 0 aliphatic carbocycles. The monoisotopic (exact) mass is 335 g/mol. The lowest BCUT2D eigenvalue weighted by molar-refractivity contribution is -0.141. The number of hydrogen-bond donors (Lipinski definition) is 0. The number of methoxy groups -OCH3 is 1. The zero-order valence-electron chi connectivity index (χ0n) is 14.3. The van der Waals surface area contributed by atoms with Crippen LogP contribution >= 0.6 is 0 Å². The van der Waals surface area contributed by atoms with Crippen molar-refractivity contribution in [2.75, 3.05) is 13.7 Å². The molecule has 0 aromatic carbocycles. The minimum Gasteiger partial charge on any atom is -0.493 e. The average molecular weight is 335 g/mol. The first kappa shape index (κ1) is 17.7. The summed E-state index contributed by atoms with van der Waals surface area (Å²) < 4.78 is 12.3. The largest absolute Gasteiger partial charge is 0.493 e. The van der Waals surface area contributed by atoms with Crippen molar-refractivity contribution in [2.45, 2.75) is 33.2 Å². The first-order valence-corrected chi connectivity index (χ1v) is 7.71. The molecule has 24 heavy (non-hydrogen) atoms. The number of esters is 1. The van der Waals surface area contributed by atoms with Crippen LogP contribution in [0.15, 0.2) is 15.7 Å². The van der Waals surface area contributed by atoms with Crippen molar-refractivity contribution in [3.05, 3.63) is 32.6 Å². The van der Waals surface area contributed by atoms with Crippen LogP contribution in [0.5, 0.6) is 5.75 Å². The standard InChI is InChI=1S/C16H21N3O5/c1-5-6-7-24-11-8-10(2)17-14-13(11)15(21)19(9-12(20)23-4)16(22)18(14)3/h8H,5-7,9H2,1-4H3. The maximum Gasteiger partial charge on any atom is 0.332 e. The van der Waals surface area contributed by atoms with Crippen molar-refractivity contribution in [2.24, 2.45) is 7.05 Å². The molecular weight excluding hydrogens is 314 g/mol. The number of aryl methyl sites for hydroxylation is 2. The molecule has 8 heteroatoms. The molecule has 2 aromatic rings. The molecule has 0 aliphatic heterocycles. The quantitative estimate of drug-likeness (QED) is 0.571. The van der Waals surface area contributed by atoms with E-state index in [1.165, 1.54) is 18.7 Å². The van der Waals surface area contributed by atoms with Crippen LogP contribution in [0.3, 0.4) is 0 Å². The normalized spacial score (nSPS) is 10.8. The van der Waals surface area contributed by atoms with Gasteiger partial charge in [0.2, 0.25) is 0 Å². The van der Waals surface area contributed by atoms with Gasteiger partial charge in [0.15, 0.2) is 5.65 Å². The van der Waals surface area contributed by atoms with Crippen molar-refractivity contribution in [1.29, 1.82) is 0 Å². The number of nitrogens with zero attached hydrogens (tertiary/aromatic N) is 3. The van der Waals surface area contributed by atoms with Crippen molar-refractivity contribution in [3.63, 3.8) is 0 Å². The number of rotatable bonds is 6. The first-order chi connectivity index (χ1) is 11.4. The molecule has 0 radical (unpaired) electrons. The topological polar surface area (TPSA) is 92.4 Å². The van der Waals surface area contributed by atoms with E-state index >= 15 is 0 Å². The molecule has 0 N–H and O–H groups in total. The molecule has 130 valence electrons. The summed E-state index contributed by atoms with van der Waals surface area (Å²) in [5.74, 6) is -0.313. The molecule has 0 atom stereocenters.